The molecule has 0 spiro atoms. The quantitative estimate of drug-likeness (QED) is 0.444. The summed E-state index contributed by atoms with van der Waals surface area (Å²) in [5.41, 5.74) is 17.5. The Hall–Kier alpha value is -3.72. The fourth-order valence-electron chi connectivity index (χ4n) is 2.94. The monoisotopic (exact) mass is 352 g/mol. The average Bonchev–Trinajstić information content (AvgIpc) is 2.70. The van der Waals surface area contributed by atoms with Crippen LogP contribution in [0.4, 0.5) is 11.4 Å². The molecule has 0 saturated carbocycles. The smallest absolute Gasteiger partial charge is 0.128 e. The van der Waals surface area contributed by atoms with Crippen LogP contribution in [0, 0.1) is 0 Å². The number of hydrogen-bond donors (Lipinski definition) is 2. The third-order valence-electron chi connectivity index (χ3n) is 4.41. The molecule has 0 aliphatic rings. The van der Waals surface area contributed by atoms with Gasteiger partial charge in [0.15, 0.2) is 0 Å². The standard InChI is InChI=1S/C24H20N2O/c25-21-10-4-17(5-11-21)18-8-14-23(15-9-18)27-24-3-1-2-20(16-24)19-6-12-22(26)13-7-19/h1-16H,25-26H2. The zero-order chi connectivity index (χ0) is 18.6. The largest absolute Gasteiger partial charge is 0.457 e. The summed E-state index contributed by atoms with van der Waals surface area (Å²) in [5.74, 6) is 1.59. The highest BCUT2D eigenvalue weighted by Crippen LogP contribution is 2.29. The third-order valence-corrected chi connectivity index (χ3v) is 4.41. The highest BCUT2D eigenvalue weighted by atomic mass is 16.5. The number of anilines is 2. The van der Waals surface area contributed by atoms with Crippen LogP contribution >= 0.6 is 0 Å². The van der Waals surface area contributed by atoms with Crippen LogP contribution in [-0.2, 0) is 0 Å². The Morgan fingerprint density at radius 2 is 0.926 bits per heavy atom. The summed E-state index contributed by atoms with van der Waals surface area (Å²) in [5, 5.41) is 0. The van der Waals surface area contributed by atoms with Crippen LogP contribution < -0.4 is 16.2 Å². The van der Waals surface area contributed by atoms with Gasteiger partial charge in [-0.15, -0.1) is 0 Å². The lowest BCUT2D eigenvalue weighted by Crippen LogP contribution is -1.87. The molecule has 3 heteroatoms. The molecule has 0 radical (unpaired) electrons. The molecule has 0 bridgehead atoms. The van der Waals surface area contributed by atoms with Crippen LogP contribution in [0.3, 0.4) is 0 Å². The molecule has 0 aromatic heterocycles. The first kappa shape index (κ1) is 16.7. The molecule has 4 rings (SSSR count). The Kier molecular flexibility index (Phi) is 4.50. The zero-order valence-corrected chi connectivity index (χ0v) is 14.8. The molecular formula is C24H20N2O. The van der Waals surface area contributed by atoms with Gasteiger partial charge in [0.05, 0.1) is 0 Å². The number of benzene rings is 4. The van der Waals surface area contributed by atoms with E-state index in [1.165, 1.54) is 0 Å². The van der Waals surface area contributed by atoms with Gasteiger partial charge in [-0.2, -0.15) is 0 Å². The highest BCUT2D eigenvalue weighted by Gasteiger charge is 2.03. The molecule has 0 unspecified atom stereocenters. The van der Waals surface area contributed by atoms with Gasteiger partial charge in [0.25, 0.3) is 0 Å². The minimum Gasteiger partial charge on any atom is -0.457 e. The van der Waals surface area contributed by atoms with Gasteiger partial charge in [-0.3, -0.25) is 0 Å². The Balaban J connectivity index is 1.53. The summed E-state index contributed by atoms with van der Waals surface area (Å²) in [6.07, 6.45) is 0. The van der Waals surface area contributed by atoms with Gasteiger partial charge in [0.1, 0.15) is 11.5 Å². The number of hydrogen-bond acceptors (Lipinski definition) is 3. The van der Waals surface area contributed by atoms with Crippen LogP contribution in [0.15, 0.2) is 97.1 Å². The zero-order valence-electron chi connectivity index (χ0n) is 14.8. The second-order valence-corrected chi connectivity index (χ2v) is 6.40. The molecule has 4 N–H and O–H groups in total. The van der Waals surface area contributed by atoms with E-state index in [-0.39, 0.29) is 0 Å². The first-order chi connectivity index (χ1) is 13.2. The summed E-state index contributed by atoms with van der Waals surface area (Å²) in [7, 11) is 0. The molecule has 0 aliphatic carbocycles. The maximum absolute atomic E-state index is 6.03. The van der Waals surface area contributed by atoms with Gasteiger partial charge in [0.2, 0.25) is 0 Å². The van der Waals surface area contributed by atoms with Crippen LogP contribution in [0.2, 0.25) is 0 Å². The van der Waals surface area contributed by atoms with Crippen molar-refractivity contribution in [2.45, 2.75) is 0 Å². The van der Waals surface area contributed by atoms with Gasteiger partial charge >= 0.3 is 0 Å². The number of nitrogen functional groups attached to an aromatic ring is 2. The van der Waals surface area contributed by atoms with Gasteiger partial charge in [-0.25, -0.2) is 0 Å². The van der Waals surface area contributed by atoms with E-state index in [9.17, 15) is 0 Å². The normalized spacial score (nSPS) is 10.5. The SMILES string of the molecule is Nc1ccc(-c2ccc(Oc3cccc(-c4ccc(N)cc4)c3)cc2)cc1. The van der Waals surface area contributed by atoms with Crippen molar-refractivity contribution in [2.75, 3.05) is 11.5 Å². The van der Waals surface area contributed by atoms with Crippen molar-refractivity contribution in [3.05, 3.63) is 97.1 Å². The van der Waals surface area contributed by atoms with E-state index >= 15 is 0 Å². The lowest BCUT2D eigenvalue weighted by Gasteiger charge is -2.09. The maximum Gasteiger partial charge on any atom is 0.128 e. The molecule has 0 heterocycles. The molecule has 0 aliphatic heterocycles. The molecule has 0 fully saturated rings. The van der Waals surface area contributed by atoms with Crippen molar-refractivity contribution < 1.29 is 4.74 Å². The van der Waals surface area contributed by atoms with Gasteiger partial charge in [-0.1, -0.05) is 48.5 Å². The van der Waals surface area contributed by atoms with Crippen LogP contribution in [-0.4, -0.2) is 0 Å². The molecule has 4 aromatic carbocycles. The first-order valence-electron chi connectivity index (χ1n) is 8.77. The number of nitrogens with two attached hydrogens (primary N) is 2. The molecule has 0 saturated heterocycles. The molecule has 27 heavy (non-hydrogen) atoms. The van der Waals surface area contributed by atoms with E-state index in [1.807, 2.05) is 91.0 Å². The Bertz CT molecular complexity index is 1040. The first-order valence-corrected chi connectivity index (χ1v) is 8.77. The molecule has 0 atom stereocenters. The van der Waals surface area contributed by atoms with E-state index in [0.717, 1.165) is 45.1 Å². The summed E-state index contributed by atoms with van der Waals surface area (Å²) in [6, 6.07) is 31.7. The van der Waals surface area contributed by atoms with Crippen LogP contribution in [0.1, 0.15) is 0 Å². The topological polar surface area (TPSA) is 61.3 Å². The van der Waals surface area contributed by atoms with E-state index in [0.29, 0.717) is 0 Å². The van der Waals surface area contributed by atoms with E-state index in [4.69, 9.17) is 16.2 Å². The van der Waals surface area contributed by atoms with Crippen LogP contribution in [0.5, 0.6) is 11.5 Å². The van der Waals surface area contributed by atoms with Crippen molar-refractivity contribution in [2.24, 2.45) is 0 Å². The van der Waals surface area contributed by atoms with Gasteiger partial charge in [0, 0.05) is 11.4 Å². The van der Waals surface area contributed by atoms with Crippen molar-refractivity contribution in [3.8, 4) is 33.8 Å². The lowest BCUT2D eigenvalue weighted by molar-refractivity contribution is 0.483. The Morgan fingerprint density at radius 1 is 0.444 bits per heavy atom. The molecule has 0 amide bonds. The predicted octanol–water partition coefficient (Wildman–Crippen LogP) is 5.98. The van der Waals surface area contributed by atoms with Crippen molar-refractivity contribution in [1.29, 1.82) is 0 Å². The van der Waals surface area contributed by atoms with Gasteiger partial charge in [-0.05, 0) is 70.8 Å². The highest BCUT2D eigenvalue weighted by molar-refractivity contribution is 5.68. The summed E-state index contributed by atoms with van der Waals surface area (Å²) in [6.45, 7) is 0. The van der Waals surface area contributed by atoms with E-state index in [1.54, 1.807) is 0 Å². The van der Waals surface area contributed by atoms with Crippen molar-refractivity contribution >= 4 is 11.4 Å². The lowest BCUT2D eigenvalue weighted by atomic mass is 10.0. The molecule has 132 valence electrons. The minimum absolute atomic E-state index is 0.757. The minimum atomic E-state index is 0.757. The van der Waals surface area contributed by atoms with Crippen molar-refractivity contribution in [1.82, 2.24) is 0 Å². The van der Waals surface area contributed by atoms with Gasteiger partial charge < -0.3 is 16.2 Å². The van der Waals surface area contributed by atoms with E-state index in [2.05, 4.69) is 6.07 Å². The average molecular weight is 352 g/mol. The number of ether oxygens (including phenoxy) is 1. The Morgan fingerprint density at radius 3 is 1.48 bits per heavy atom. The number of rotatable bonds is 4. The van der Waals surface area contributed by atoms with E-state index < -0.39 is 0 Å². The second kappa shape index (κ2) is 7.26. The second-order valence-electron chi connectivity index (χ2n) is 6.40. The van der Waals surface area contributed by atoms with Crippen LogP contribution in [0.25, 0.3) is 22.3 Å². The molecule has 3 nitrogen and oxygen atoms in total. The predicted molar refractivity (Wildman–Crippen MR) is 113 cm³/mol. The van der Waals surface area contributed by atoms with Crippen molar-refractivity contribution in [3.63, 3.8) is 0 Å². The summed E-state index contributed by atoms with van der Waals surface area (Å²) >= 11 is 0. The molecule has 4 aromatic rings. The fraction of sp³-hybridized carbons (Fsp3) is 0. The maximum atomic E-state index is 6.03. The summed E-state index contributed by atoms with van der Waals surface area (Å²) < 4.78 is 6.03. The fourth-order valence-corrected chi connectivity index (χ4v) is 2.94. The Labute approximate surface area is 158 Å². The molecular weight excluding hydrogens is 332 g/mol. The summed E-state index contributed by atoms with van der Waals surface area (Å²) in [4.78, 5) is 0. The third kappa shape index (κ3) is 3.93.